The van der Waals surface area contributed by atoms with Gasteiger partial charge >= 0.3 is 0 Å². The van der Waals surface area contributed by atoms with Crippen LogP contribution in [-0.4, -0.2) is 4.89 Å². The summed E-state index contributed by atoms with van der Waals surface area (Å²) in [5.41, 5.74) is 3.91. The lowest BCUT2D eigenvalue weighted by Gasteiger charge is -2.03. The van der Waals surface area contributed by atoms with E-state index in [4.69, 9.17) is 14.4 Å². The van der Waals surface area contributed by atoms with Gasteiger partial charge in [0.15, 0.2) is 7.75 Å². The van der Waals surface area contributed by atoms with Crippen LogP contribution >= 0.6 is 7.75 Å². The Morgan fingerprint density at radius 2 is 2.00 bits per heavy atom. The average molecular weight is 96.0 g/mol. The van der Waals surface area contributed by atoms with Gasteiger partial charge in [0.1, 0.15) is 0 Å². The summed E-state index contributed by atoms with van der Waals surface area (Å²) in [5, 5.41) is 0. The summed E-state index contributed by atoms with van der Waals surface area (Å²) < 4.78 is 8.99. The second-order valence-corrected chi connectivity index (χ2v) is 1.69. The summed E-state index contributed by atoms with van der Waals surface area (Å²) in [6.07, 6.45) is 0. The van der Waals surface area contributed by atoms with Crippen LogP contribution < -0.4 is 10.4 Å². The zero-order chi connectivity index (χ0) is 4.50. The number of nitrogens with two attached hydrogens (primary N) is 1. The first-order chi connectivity index (χ1) is 2.00. The highest BCUT2D eigenvalue weighted by Crippen LogP contribution is 2.12. The van der Waals surface area contributed by atoms with Crippen LogP contribution in [0.2, 0.25) is 0 Å². The first-order valence-corrected chi connectivity index (χ1v) is 2.47. The van der Waals surface area contributed by atoms with Crippen LogP contribution in [0.4, 0.5) is 0 Å². The van der Waals surface area contributed by atoms with Gasteiger partial charge in [-0.25, -0.2) is 0 Å². The third kappa shape index (κ3) is 1510. The lowest BCUT2D eigenvalue weighted by molar-refractivity contribution is -0.193. The number of hydrogen-bond acceptors (Lipinski definition) is 2. The average Bonchev–Trinajstić information content (AvgIpc) is 0.722. The third-order valence-corrected chi connectivity index (χ3v) is 0. The standard InChI is InChI=1S/H4NO3P/c1-5(2,3)4/h(H4,1,2,3,4)/p-1. The van der Waals surface area contributed by atoms with Crippen molar-refractivity contribution in [3.63, 3.8) is 0 Å². The highest BCUT2D eigenvalue weighted by Gasteiger charge is 1.79. The van der Waals surface area contributed by atoms with Crippen LogP contribution in [0.1, 0.15) is 0 Å². The summed E-state index contributed by atoms with van der Waals surface area (Å²) >= 11 is 0. The van der Waals surface area contributed by atoms with E-state index in [9.17, 15) is 0 Å². The Labute approximate surface area is 28.8 Å². The molecule has 1 atom stereocenters. The second-order valence-electron chi connectivity index (χ2n) is 0.564. The highest BCUT2D eigenvalue weighted by atomic mass is 31.2. The van der Waals surface area contributed by atoms with Crippen molar-refractivity contribution in [2.75, 3.05) is 0 Å². The Bertz CT molecular complexity index is 53.0. The molecule has 0 bridgehead atoms. The molecular formula is H3NO3P-. The topological polar surface area (TPSA) is 86.4 Å². The van der Waals surface area contributed by atoms with E-state index in [0.29, 0.717) is 0 Å². The van der Waals surface area contributed by atoms with Crippen LogP contribution in [0.3, 0.4) is 0 Å². The quantitative estimate of drug-likeness (QED) is 0.356. The molecule has 0 aliphatic heterocycles. The maximum atomic E-state index is 8.99. The first-order valence-electron chi connectivity index (χ1n) is 0.823. The molecule has 4 nitrogen and oxygen atoms in total. The molecule has 0 aliphatic rings. The van der Waals surface area contributed by atoms with Gasteiger partial charge in [0.25, 0.3) is 0 Å². The zero-order valence-electron chi connectivity index (χ0n) is 2.29. The van der Waals surface area contributed by atoms with E-state index in [2.05, 4.69) is 5.50 Å². The van der Waals surface area contributed by atoms with Crippen molar-refractivity contribution in [3.05, 3.63) is 0 Å². The molecule has 0 fully saturated rings. The third-order valence-electron chi connectivity index (χ3n) is 0. The van der Waals surface area contributed by atoms with E-state index in [1.807, 2.05) is 0 Å². The van der Waals surface area contributed by atoms with Gasteiger partial charge in [0, 0.05) is 0 Å². The summed E-state index contributed by atoms with van der Waals surface area (Å²) in [4.78, 5) is 16.3. The molecule has 32 valence electrons. The molecule has 5 heavy (non-hydrogen) atoms. The Kier molecular flexibility index (Phi) is 1.09. The fraction of sp³-hybridized carbons (Fsp3) is 0. The molecule has 0 aromatic heterocycles. The fourth-order valence-corrected chi connectivity index (χ4v) is 0. The molecule has 0 aliphatic carbocycles. The molecule has 5 heteroatoms. The van der Waals surface area contributed by atoms with E-state index in [0.717, 1.165) is 0 Å². The normalized spacial score (nSPS) is 21.4. The first kappa shape index (κ1) is 5.11. The molecule has 0 amide bonds. The van der Waals surface area contributed by atoms with Gasteiger partial charge in [-0.3, -0.25) is 10.1 Å². The van der Waals surface area contributed by atoms with Gasteiger partial charge in [0.2, 0.25) is 0 Å². The minimum atomic E-state index is -4.39. The summed E-state index contributed by atoms with van der Waals surface area (Å²) in [6, 6.07) is 0. The minimum absolute atomic E-state index is 3.91. The maximum Gasteiger partial charge on any atom is 0.199 e. The van der Waals surface area contributed by atoms with Crippen LogP contribution in [0.25, 0.3) is 0 Å². The number of rotatable bonds is 0. The van der Waals surface area contributed by atoms with E-state index in [-0.39, 0.29) is 0 Å². The van der Waals surface area contributed by atoms with E-state index in [1.165, 1.54) is 0 Å². The Balaban J connectivity index is 3.47. The summed E-state index contributed by atoms with van der Waals surface area (Å²) in [5.74, 6) is 0. The van der Waals surface area contributed by atoms with Crippen molar-refractivity contribution in [1.82, 2.24) is 0 Å². The van der Waals surface area contributed by atoms with Crippen molar-refractivity contribution in [1.29, 1.82) is 0 Å². The molecule has 0 rings (SSSR count). The van der Waals surface area contributed by atoms with E-state index in [1.54, 1.807) is 0 Å². The molecule has 0 radical (unpaired) electrons. The fourth-order valence-electron chi connectivity index (χ4n) is 0. The summed E-state index contributed by atoms with van der Waals surface area (Å²) in [7, 11) is -4.39. The van der Waals surface area contributed by atoms with Crippen molar-refractivity contribution < 1.29 is 14.4 Å². The van der Waals surface area contributed by atoms with Crippen molar-refractivity contribution >= 4 is 7.75 Å². The predicted octanol–water partition coefficient (Wildman–Crippen LogP) is -1.59. The second kappa shape index (κ2) is 1.06. The Morgan fingerprint density at radius 3 is 2.00 bits per heavy atom. The Morgan fingerprint density at radius 1 is 2.00 bits per heavy atom. The smallest absolute Gasteiger partial charge is 0.199 e. The molecule has 0 saturated carbocycles. The molecule has 0 saturated heterocycles. The van der Waals surface area contributed by atoms with Gasteiger partial charge in [-0.2, -0.15) is 0 Å². The summed E-state index contributed by atoms with van der Waals surface area (Å²) in [6.45, 7) is 0. The minimum Gasteiger partial charge on any atom is -0.766 e. The van der Waals surface area contributed by atoms with Crippen molar-refractivity contribution in [2.45, 2.75) is 0 Å². The Hall–Kier alpha value is 0.110. The monoisotopic (exact) mass is 96.0 g/mol. The lowest BCUT2D eigenvalue weighted by Crippen LogP contribution is -2.06. The zero-order valence-corrected chi connectivity index (χ0v) is 3.18. The van der Waals surface area contributed by atoms with E-state index >= 15 is 0 Å². The van der Waals surface area contributed by atoms with Gasteiger partial charge in [-0.15, -0.1) is 0 Å². The van der Waals surface area contributed by atoms with E-state index < -0.39 is 7.75 Å². The number of hydrogen-bond donors (Lipinski definition) is 2. The molecule has 0 spiro atoms. The highest BCUT2D eigenvalue weighted by molar-refractivity contribution is 7.47. The van der Waals surface area contributed by atoms with Gasteiger partial charge in [-0.1, -0.05) is 0 Å². The molecule has 3 N–H and O–H groups in total. The maximum absolute atomic E-state index is 8.99. The largest absolute Gasteiger partial charge is 0.766 e. The van der Waals surface area contributed by atoms with Crippen LogP contribution in [0.15, 0.2) is 0 Å². The molecule has 0 aromatic rings. The van der Waals surface area contributed by atoms with Gasteiger partial charge in [-0.05, 0) is 0 Å². The molecule has 0 heterocycles. The lowest BCUT2D eigenvalue weighted by atomic mass is 13.9. The van der Waals surface area contributed by atoms with Crippen molar-refractivity contribution in [3.8, 4) is 0 Å². The van der Waals surface area contributed by atoms with Gasteiger partial charge in [0.05, 0.1) is 0 Å². The van der Waals surface area contributed by atoms with Gasteiger partial charge < -0.3 is 9.79 Å². The van der Waals surface area contributed by atoms with Crippen molar-refractivity contribution in [2.24, 2.45) is 5.50 Å². The molecular weight excluding hydrogens is 93.0 g/mol. The molecule has 0 aromatic carbocycles. The SMILES string of the molecule is NP(=O)([O-])O. The molecule has 1 unspecified atom stereocenters. The van der Waals surface area contributed by atoms with Crippen LogP contribution in [0.5, 0.6) is 0 Å². The van der Waals surface area contributed by atoms with Crippen LogP contribution in [-0.2, 0) is 4.57 Å². The predicted molar refractivity (Wildman–Crippen MR) is 14.0 cm³/mol. The van der Waals surface area contributed by atoms with Crippen LogP contribution in [0, 0.1) is 0 Å².